The highest BCUT2D eigenvalue weighted by atomic mass is 16.1. The average Bonchev–Trinajstić information content (AvgIpc) is 2.27. The number of hydrogen-bond acceptors (Lipinski definition) is 2. The van der Waals surface area contributed by atoms with Crippen LogP contribution in [0.3, 0.4) is 0 Å². The van der Waals surface area contributed by atoms with Gasteiger partial charge in [-0.25, -0.2) is 0 Å². The second-order valence-electron chi connectivity index (χ2n) is 3.86. The number of aromatic nitrogens is 2. The van der Waals surface area contributed by atoms with Gasteiger partial charge in [-0.05, 0) is 25.0 Å². The van der Waals surface area contributed by atoms with Gasteiger partial charge in [-0.3, -0.25) is 9.59 Å². The molecule has 0 unspecified atom stereocenters. The average molecular weight is 218 g/mol. The third-order valence-electron chi connectivity index (χ3n) is 2.66. The van der Waals surface area contributed by atoms with Crippen LogP contribution in [0, 0.1) is 0 Å². The highest BCUT2D eigenvalue weighted by molar-refractivity contribution is 5.77. The molecule has 0 aromatic carbocycles. The quantitative estimate of drug-likeness (QED) is 0.821. The van der Waals surface area contributed by atoms with E-state index in [0.29, 0.717) is 16.5 Å². The molecule has 0 aliphatic rings. The molecule has 2 aromatic rings. The summed E-state index contributed by atoms with van der Waals surface area (Å²) in [6.07, 6.45) is 4.24. The number of hydrogen-bond donors (Lipinski definition) is 2. The van der Waals surface area contributed by atoms with E-state index in [-0.39, 0.29) is 11.1 Å². The van der Waals surface area contributed by atoms with Gasteiger partial charge in [0.1, 0.15) is 0 Å². The van der Waals surface area contributed by atoms with E-state index in [1.54, 1.807) is 12.1 Å². The first-order valence-electron chi connectivity index (χ1n) is 5.46. The van der Waals surface area contributed by atoms with Crippen molar-refractivity contribution in [1.82, 2.24) is 9.97 Å². The van der Waals surface area contributed by atoms with E-state index in [0.717, 1.165) is 19.3 Å². The summed E-state index contributed by atoms with van der Waals surface area (Å²) in [7, 11) is 0. The van der Waals surface area contributed by atoms with Gasteiger partial charge in [0.15, 0.2) is 0 Å². The molecule has 2 rings (SSSR count). The van der Waals surface area contributed by atoms with Crippen LogP contribution >= 0.6 is 0 Å². The topological polar surface area (TPSA) is 65.7 Å². The monoisotopic (exact) mass is 218 g/mol. The third kappa shape index (κ3) is 1.91. The minimum atomic E-state index is -0.161. The van der Waals surface area contributed by atoms with E-state index < -0.39 is 0 Å². The molecule has 2 heterocycles. The Morgan fingerprint density at radius 3 is 2.81 bits per heavy atom. The van der Waals surface area contributed by atoms with Crippen LogP contribution in [0.1, 0.15) is 25.3 Å². The van der Waals surface area contributed by atoms with Gasteiger partial charge in [-0.1, -0.05) is 13.3 Å². The molecule has 0 bridgehead atoms. The number of H-pyrrole nitrogens is 2. The lowest BCUT2D eigenvalue weighted by Crippen LogP contribution is -2.16. The number of rotatable bonds is 3. The summed E-state index contributed by atoms with van der Waals surface area (Å²) >= 11 is 0. The molecule has 0 atom stereocenters. The van der Waals surface area contributed by atoms with Crippen LogP contribution in [0.2, 0.25) is 0 Å². The molecule has 84 valence electrons. The molecule has 0 fully saturated rings. The van der Waals surface area contributed by atoms with Crippen LogP contribution in [-0.2, 0) is 6.42 Å². The maximum Gasteiger partial charge on any atom is 0.257 e. The Balaban J connectivity index is 2.60. The van der Waals surface area contributed by atoms with Crippen molar-refractivity contribution in [2.75, 3.05) is 0 Å². The van der Waals surface area contributed by atoms with Gasteiger partial charge in [0.05, 0.1) is 10.9 Å². The first kappa shape index (κ1) is 10.7. The van der Waals surface area contributed by atoms with Crippen LogP contribution in [0.5, 0.6) is 0 Å². The maximum absolute atomic E-state index is 11.7. The lowest BCUT2D eigenvalue weighted by molar-refractivity contribution is 0.788. The van der Waals surface area contributed by atoms with Crippen LogP contribution < -0.4 is 11.1 Å². The van der Waals surface area contributed by atoms with E-state index in [9.17, 15) is 9.59 Å². The Kier molecular flexibility index (Phi) is 2.90. The summed E-state index contributed by atoms with van der Waals surface area (Å²) in [6, 6.07) is 3.39. The second kappa shape index (κ2) is 4.35. The van der Waals surface area contributed by atoms with Crippen LogP contribution in [0.4, 0.5) is 0 Å². The fraction of sp³-hybridized carbons (Fsp3) is 0.333. The molecule has 0 aliphatic heterocycles. The molecule has 0 spiro atoms. The molecule has 2 N–H and O–H groups in total. The normalized spacial score (nSPS) is 10.8. The number of aryl methyl sites for hydroxylation is 1. The summed E-state index contributed by atoms with van der Waals surface area (Å²) in [5.74, 6) is 0. The Morgan fingerprint density at radius 1 is 1.25 bits per heavy atom. The van der Waals surface area contributed by atoms with E-state index in [1.165, 1.54) is 6.20 Å². The highest BCUT2D eigenvalue weighted by Crippen LogP contribution is 2.06. The van der Waals surface area contributed by atoms with Crippen molar-refractivity contribution >= 4 is 10.9 Å². The van der Waals surface area contributed by atoms with Crippen molar-refractivity contribution in [3.63, 3.8) is 0 Å². The van der Waals surface area contributed by atoms with Crippen LogP contribution in [0.25, 0.3) is 10.9 Å². The lowest BCUT2D eigenvalue weighted by Gasteiger charge is -2.01. The van der Waals surface area contributed by atoms with Gasteiger partial charge < -0.3 is 9.97 Å². The zero-order valence-corrected chi connectivity index (χ0v) is 9.17. The summed E-state index contributed by atoms with van der Waals surface area (Å²) < 4.78 is 0. The Hall–Kier alpha value is -1.84. The first-order chi connectivity index (χ1) is 7.72. The minimum Gasteiger partial charge on any atom is -0.328 e. The standard InChI is InChI=1S/C12H14N2O2/c1-2-3-4-8-7-9-10(14-11(8)15)5-6-13-12(9)16/h5-7H,2-4H2,1H3,(H,13,16)(H,14,15). The zero-order chi connectivity index (χ0) is 11.5. The highest BCUT2D eigenvalue weighted by Gasteiger charge is 2.04. The molecule has 0 radical (unpaired) electrons. The second-order valence-corrected chi connectivity index (χ2v) is 3.86. The van der Waals surface area contributed by atoms with Gasteiger partial charge in [0, 0.05) is 11.8 Å². The lowest BCUT2D eigenvalue weighted by atomic mass is 10.1. The Bertz CT molecular complexity index is 610. The number of fused-ring (bicyclic) bond motifs is 1. The Labute approximate surface area is 92.3 Å². The molecule has 0 aliphatic carbocycles. The molecular formula is C12H14N2O2. The van der Waals surface area contributed by atoms with Crippen molar-refractivity contribution in [2.45, 2.75) is 26.2 Å². The number of pyridine rings is 2. The third-order valence-corrected chi connectivity index (χ3v) is 2.66. The molecule has 0 saturated heterocycles. The number of aromatic amines is 2. The molecule has 16 heavy (non-hydrogen) atoms. The summed E-state index contributed by atoms with van der Waals surface area (Å²) in [5, 5.41) is 0.549. The number of unbranched alkanes of at least 4 members (excludes halogenated alkanes) is 1. The molecule has 4 nitrogen and oxygen atoms in total. The van der Waals surface area contributed by atoms with Crippen molar-refractivity contribution in [3.8, 4) is 0 Å². The zero-order valence-electron chi connectivity index (χ0n) is 9.17. The Morgan fingerprint density at radius 2 is 2.06 bits per heavy atom. The van der Waals surface area contributed by atoms with Crippen molar-refractivity contribution in [2.24, 2.45) is 0 Å². The largest absolute Gasteiger partial charge is 0.328 e. The van der Waals surface area contributed by atoms with Crippen LogP contribution in [-0.4, -0.2) is 9.97 Å². The number of nitrogens with one attached hydrogen (secondary N) is 2. The summed E-state index contributed by atoms with van der Waals surface area (Å²) in [4.78, 5) is 28.6. The van der Waals surface area contributed by atoms with E-state index in [2.05, 4.69) is 16.9 Å². The van der Waals surface area contributed by atoms with Gasteiger partial charge >= 0.3 is 0 Å². The van der Waals surface area contributed by atoms with Crippen molar-refractivity contribution in [3.05, 3.63) is 44.6 Å². The summed E-state index contributed by atoms with van der Waals surface area (Å²) in [6.45, 7) is 2.07. The van der Waals surface area contributed by atoms with Gasteiger partial charge in [0.2, 0.25) is 0 Å². The summed E-state index contributed by atoms with van der Waals surface area (Å²) in [5.41, 5.74) is 1.03. The maximum atomic E-state index is 11.7. The van der Waals surface area contributed by atoms with Crippen molar-refractivity contribution in [1.29, 1.82) is 0 Å². The van der Waals surface area contributed by atoms with Gasteiger partial charge in [-0.15, -0.1) is 0 Å². The predicted molar refractivity (Wildman–Crippen MR) is 63.8 cm³/mol. The van der Waals surface area contributed by atoms with E-state index >= 15 is 0 Å². The molecular weight excluding hydrogens is 204 g/mol. The van der Waals surface area contributed by atoms with E-state index in [1.807, 2.05) is 0 Å². The predicted octanol–water partition coefficient (Wildman–Crippen LogP) is 1.56. The fourth-order valence-electron chi connectivity index (χ4n) is 1.74. The van der Waals surface area contributed by atoms with Crippen LogP contribution in [0.15, 0.2) is 27.9 Å². The smallest absolute Gasteiger partial charge is 0.257 e. The van der Waals surface area contributed by atoms with Gasteiger partial charge in [-0.2, -0.15) is 0 Å². The van der Waals surface area contributed by atoms with E-state index in [4.69, 9.17) is 0 Å². The van der Waals surface area contributed by atoms with Gasteiger partial charge in [0.25, 0.3) is 11.1 Å². The van der Waals surface area contributed by atoms with Crippen molar-refractivity contribution < 1.29 is 0 Å². The fourth-order valence-corrected chi connectivity index (χ4v) is 1.74. The molecule has 2 aromatic heterocycles. The minimum absolute atomic E-state index is 0.0912. The molecule has 0 saturated carbocycles. The first-order valence-corrected chi connectivity index (χ1v) is 5.46. The molecule has 4 heteroatoms. The SMILES string of the molecule is CCCCc1cc2c(=O)[nH]ccc2[nH]c1=O. The molecule has 0 amide bonds.